The molecule has 0 amide bonds. The van der Waals surface area contributed by atoms with Gasteiger partial charge in [0.2, 0.25) is 0 Å². The number of para-hydroxylation sites is 2. The topological polar surface area (TPSA) is 24.7 Å². The lowest BCUT2D eigenvalue weighted by Gasteiger charge is -2.20. The van der Waals surface area contributed by atoms with Crippen molar-refractivity contribution in [1.29, 1.82) is 0 Å². The first kappa shape index (κ1) is 26.0. The maximum absolute atomic E-state index is 5.33. The fraction of sp³-hybridized carbons (Fsp3) is 0.533. The van der Waals surface area contributed by atoms with Crippen LogP contribution in [0.15, 0.2) is 46.4 Å². The van der Waals surface area contributed by atoms with Crippen LogP contribution < -0.4 is 0 Å². The van der Waals surface area contributed by atoms with Crippen molar-refractivity contribution in [3.63, 3.8) is 0 Å². The molecule has 0 saturated carbocycles. The fourth-order valence-electron chi connectivity index (χ4n) is 4.25. The van der Waals surface area contributed by atoms with Gasteiger partial charge in [0.25, 0.3) is 0 Å². The summed E-state index contributed by atoms with van der Waals surface area (Å²) in [7, 11) is 0. The summed E-state index contributed by atoms with van der Waals surface area (Å²) >= 11 is 0. The summed E-state index contributed by atoms with van der Waals surface area (Å²) < 4.78 is 0. The van der Waals surface area contributed by atoms with Crippen molar-refractivity contribution >= 4 is 22.8 Å². The van der Waals surface area contributed by atoms with Crippen LogP contribution in [0.3, 0.4) is 0 Å². The van der Waals surface area contributed by atoms with Gasteiger partial charge in [0, 0.05) is 0 Å². The van der Waals surface area contributed by atoms with E-state index in [9.17, 15) is 0 Å². The SMILES string of the molecule is CC(=Nc1c(C(C)C)cccc1C(C)C)C(=Nc1c(C(C)C)cccc1C(C)C)C(C)C. The van der Waals surface area contributed by atoms with Crippen molar-refractivity contribution in [3.8, 4) is 0 Å². The van der Waals surface area contributed by atoms with Gasteiger partial charge in [-0.25, -0.2) is 0 Å². The third-order valence-electron chi connectivity index (χ3n) is 6.11. The molecule has 2 heteroatoms. The van der Waals surface area contributed by atoms with Gasteiger partial charge in [-0.15, -0.1) is 0 Å². The Kier molecular flexibility index (Phi) is 9.01. The fourth-order valence-corrected chi connectivity index (χ4v) is 4.25. The van der Waals surface area contributed by atoms with Gasteiger partial charge < -0.3 is 0 Å². The van der Waals surface area contributed by atoms with Crippen molar-refractivity contribution in [3.05, 3.63) is 58.7 Å². The van der Waals surface area contributed by atoms with Gasteiger partial charge >= 0.3 is 0 Å². The summed E-state index contributed by atoms with van der Waals surface area (Å²) in [4.78, 5) is 10.6. The summed E-state index contributed by atoms with van der Waals surface area (Å²) in [6.45, 7) is 24.6. The average Bonchev–Trinajstić information content (AvgIpc) is 2.70. The maximum atomic E-state index is 5.33. The zero-order valence-electron chi connectivity index (χ0n) is 22.2. The van der Waals surface area contributed by atoms with Gasteiger partial charge in [-0.05, 0) is 58.8 Å². The van der Waals surface area contributed by atoms with Gasteiger partial charge in [-0.2, -0.15) is 0 Å². The van der Waals surface area contributed by atoms with E-state index in [0.717, 1.165) is 22.8 Å². The molecule has 0 fully saturated rings. The normalized spacial score (nSPS) is 13.4. The number of rotatable bonds is 8. The highest BCUT2D eigenvalue weighted by atomic mass is 14.8. The Hall–Kier alpha value is -2.22. The first-order valence-electron chi connectivity index (χ1n) is 12.3. The standard InChI is InChI=1S/C30H44N2/c1-18(2)24-14-12-15-25(19(3)4)29(24)31-23(11)28(22(9)10)32-30-26(20(5)6)16-13-17-27(30)21(7)8/h12-22H,1-11H3. The largest absolute Gasteiger partial charge is 0.251 e. The molecule has 174 valence electrons. The van der Waals surface area contributed by atoms with Crippen LogP contribution in [-0.4, -0.2) is 11.4 Å². The van der Waals surface area contributed by atoms with Gasteiger partial charge in [0.1, 0.15) is 0 Å². The lowest BCUT2D eigenvalue weighted by molar-refractivity contribution is 0.830. The lowest BCUT2D eigenvalue weighted by Crippen LogP contribution is -2.18. The number of hydrogen-bond acceptors (Lipinski definition) is 2. The molecular formula is C30H44N2. The van der Waals surface area contributed by atoms with E-state index >= 15 is 0 Å². The Bertz CT molecular complexity index is 920. The van der Waals surface area contributed by atoms with Gasteiger partial charge in [0.15, 0.2) is 0 Å². The van der Waals surface area contributed by atoms with E-state index in [1.807, 2.05) is 0 Å². The third-order valence-corrected chi connectivity index (χ3v) is 6.11. The van der Waals surface area contributed by atoms with E-state index in [0.29, 0.717) is 23.7 Å². The van der Waals surface area contributed by atoms with Crippen molar-refractivity contribution in [2.24, 2.45) is 15.9 Å². The maximum Gasteiger partial charge on any atom is 0.0703 e. The molecule has 0 bridgehead atoms. The average molecular weight is 433 g/mol. The minimum atomic E-state index is 0.285. The molecule has 0 aliphatic carbocycles. The van der Waals surface area contributed by atoms with Crippen LogP contribution in [0.25, 0.3) is 0 Å². The molecule has 0 aliphatic rings. The predicted octanol–water partition coefficient (Wildman–Crippen LogP) is 9.70. The molecule has 0 saturated heterocycles. The van der Waals surface area contributed by atoms with Crippen LogP contribution in [-0.2, 0) is 0 Å². The van der Waals surface area contributed by atoms with E-state index < -0.39 is 0 Å². The highest BCUT2D eigenvalue weighted by Crippen LogP contribution is 2.37. The van der Waals surface area contributed by atoms with Gasteiger partial charge in [-0.1, -0.05) is 106 Å². The van der Waals surface area contributed by atoms with Crippen LogP contribution in [0.5, 0.6) is 0 Å². The molecule has 0 spiro atoms. The highest BCUT2D eigenvalue weighted by Gasteiger charge is 2.19. The second kappa shape index (κ2) is 11.1. The molecule has 0 radical (unpaired) electrons. The lowest BCUT2D eigenvalue weighted by atomic mass is 9.92. The molecule has 2 nitrogen and oxygen atoms in total. The summed E-state index contributed by atoms with van der Waals surface area (Å²) in [5, 5.41) is 0. The van der Waals surface area contributed by atoms with Crippen LogP contribution in [0.2, 0.25) is 0 Å². The molecule has 2 aromatic rings. The van der Waals surface area contributed by atoms with Crippen molar-refractivity contribution in [2.45, 2.75) is 99.8 Å². The van der Waals surface area contributed by atoms with Crippen molar-refractivity contribution < 1.29 is 0 Å². The van der Waals surface area contributed by atoms with E-state index in [4.69, 9.17) is 9.98 Å². The zero-order chi connectivity index (χ0) is 24.2. The summed E-state index contributed by atoms with van der Waals surface area (Å²) in [5.41, 5.74) is 9.60. The molecule has 2 aromatic carbocycles. The number of hydrogen-bond donors (Lipinski definition) is 0. The number of aliphatic imine (C=N–C) groups is 2. The quantitative estimate of drug-likeness (QED) is 0.371. The molecule has 2 rings (SSSR count). The summed E-state index contributed by atoms with van der Waals surface area (Å²) in [5.74, 6) is 1.98. The van der Waals surface area contributed by atoms with Crippen LogP contribution >= 0.6 is 0 Å². The second-order valence-electron chi connectivity index (χ2n) is 10.5. The van der Waals surface area contributed by atoms with Gasteiger partial charge in [-0.3, -0.25) is 9.98 Å². The number of benzene rings is 2. The summed E-state index contributed by atoms with van der Waals surface area (Å²) in [6, 6.07) is 13.2. The Labute approximate surface area is 197 Å². The predicted molar refractivity (Wildman–Crippen MR) is 144 cm³/mol. The highest BCUT2D eigenvalue weighted by molar-refractivity contribution is 6.43. The Morgan fingerprint density at radius 3 is 1.12 bits per heavy atom. The minimum absolute atomic E-state index is 0.285. The van der Waals surface area contributed by atoms with Gasteiger partial charge in [0.05, 0.1) is 22.8 Å². The van der Waals surface area contributed by atoms with E-state index in [-0.39, 0.29) is 5.92 Å². The zero-order valence-corrected chi connectivity index (χ0v) is 22.2. The monoisotopic (exact) mass is 432 g/mol. The molecule has 0 atom stereocenters. The molecule has 0 N–H and O–H groups in total. The summed E-state index contributed by atoms with van der Waals surface area (Å²) in [6.07, 6.45) is 0. The van der Waals surface area contributed by atoms with Crippen LogP contribution in [0.4, 0.5) is 11.4 Å². The third kappa shape index (κ3) is 5.97. The molecule has 32 heavy (non-hydrogen) atoms. The first-order valence-corrected chi connectivity index (χ1v) is 12.3. The Morgan fingerprint density at radius 1 is 0.531 bits per heavy atom. The van der Waals surface area contributed by atoms with E-state index in [1.165, 1.54) is 22.3 Å². The molecule has 0 unspecified atom stereocenters. The molecule has 0 aliphatic heterocycles. The Balaban J connectivity index is 2.77. The molecule has 0 heterocycles. The van der Waals surface area contributed by atoms with E-state index in [1.54, 1.807) is 0 Å². The van der Waals surface area contributed by atoms with E-state index in [2.05, 4.69) is 113 Å². The van der Waals surface area contributed by atoms with Crippen LogP contribution in [0.1, 0.15) is 122 Å². The smallest absolute Gasteiger partial charge is 0.0703 e. The first-order chi connectivity index (χ1) is 15.0. The number of nitrogens with zero attached hydrogens (tertiary/aromatic N) is 2. The minimum Gasteiger partial charge on any atom is -0.251 e. The molecular weight excluding hydrogens is 388 g/mol. The van der Waals surface area contributed by atoms with Crippen molar-refractivity contribution in [2.75, 3.05) is 0 Å². The van der Waals surface area contributed by atoms with Crippen molar-refractivity contribution in [1.82, 2.24) is 0 Å². The molecule has 0 aromatic heterocycles. The Morgan fingerprint density at radius 2 is 0.844 bits per heavy atom. The van der Waals surface area contributed by atoms with Crippen LogP contribution in [0, 0.1) is 5.92 Å². The second-order valence-corrected chi connectivity index (χ2v) is 10.5.